The van der Waals surface area contributed by atoms with E-state index in [1.165, 1.54) is 6.08 Å². The van der Waals surface area contributed by atoms with Crippen LogP contribution in [-0.4, -0.2) is 18.8 Å². The van der Waals surface area contributed by atoms with Gasteiger partial charge in [-0.05, 0) is 54.3 Å². The predicted molar refractivity (Wildman–Crippen MR) is 94.6 cm³/mol. The molecule has 1 aliphatic rings. The first-order valence-corrected chi connectivity index (χ1v) is 8.12. The third kappa shape index (κ3) is 4.24. The van der Waals surface area contributed by atoms with Crippen LogP contribution in [0.5, 0.6) is 11.5 Å². The molecule has 124 valence electrons. The summed E-state index contributed by atoms with van der Waals surface area (Å²) in [5.74, 6) is 1.48. The van der Waals surface area contributed by atoms with Gasteiger partial charge in [0.2, 0.25) is 5.90 Å². The summed E-state index contributed by atoms with van der Waals surface area (Å²) in [6.07, 6.45) is 4.46. The molecule has 1 atom stereocenters. The Hall–Kier alpha value is -2.59. The second-order valence-corrected chi connectivity index (χ2v) is 5.63. The number of hydrogen-bond acceptors (Lipinski definition) is 4. The molecule has 1 unspecified atom stereocenters. The predicted octanol–water partition coefficient (Wildman–Crippen LogP) is 4.80. The van der Waals surface area contributed by atoms with Gasteiger partial charge < -0.3 is 14.2 Å². The van der Waals surface area contributed by atoms with Crippen molar-refractivity contribution in [3.8, 4) is 22.6 Å². The number of rotatable bonds is 5. The summed E-state index contributed by atoms with van der Waals surface area (Å²) in [4.78, 5) is 0. The van der Waals surface area contributed by atoms with Crippen LogP contribution in [0, 0.1) is 5.41 Å². The van der Waals surface area contributed by atoms with Crippen LogP contribution in [0.15, 0.2) is 61.2 Å². The molecule has 1 saturated heterocycles. The molecule has 1 aliphatic heterocycles. The zero-order chi connectivity index (χ0) is 16.8. The number of benzene rings is 2. The Balaban J connectivity index is 1.64. The first-order chi connectivity index (χ1) is 11.7. The molecule has 0 amide bonds. The van der Waals surface area contributed by atoms with Gasteiger partial charge in [0.05, 0.1) is 6.61 Å². The highest BCUT2D eigenvalue weighted by Gasteiger charge is 2.15. The lowest BCUT2D eigenvalue weighted by atomic mass is 10.1. The van der Waals surface area contributed by atoms with E-state index in [9.17, 15) is 0 Å². The average Bonchev–Trinajstić information content (AvgIpc) is 2.64. The second-order valence-electron chi connectivity index (χ2n) is 5.63. The van der Waals surface area contributed by atoms with Crippen LogP contribution in [0.1, 0.15) is 19.3 Å². The second kappa shape index (κ2) is 7.79. The van der Waals surface area contributed by atoms with Crippen LogP contribution in [0.3, 0.4) is 0 Å². The van der Waals surface area contributed by atoms with E-state index < -0.39 is 0 Å². The van der Waals surface area contributed by atoms with Crippen molar-refractivity contribution in [3.63, 3.8) is 0 Å². The van der Waals surface area contributed by atoms with E-state index in [1.54, 1.807) is 0 Å². The first kappa shape index (κ1) is 16.3. The molecule has 1 heterocycles. The minimum Gasteiger partial charge on any atom is -0.465 e. The molecular formula is C20H21NO3. The standard InChI is InChI=1S/C20H21NO3/c1-2-19(21)23-17-10-6-15(7-11-17)16-8-12-18(13-9-16)24-20-5-3-4-14-22-20/h2,6-13,20-21H,1,3-5,14H2. The van der Waals surface area contributed by atoms with E-state index in [4.69, 9.17) is 19.6 Å². The summed E-state index contributed by atoms with van der Waals surface area (Å²) in [6.45, 7) is 4.28. The summed E-state index contributed by atoms with van der Waals surface area (Å²) in [5, 5.41) is 7.46. The summed E-state index contributed by atoms with van der Waals surface area (Å²) in [7, 11) is 0. The molecule has 0 aliphatic carbocycles. The summed E-state index contributed by atoms with van der Waals surface area (Å²) < 4.78 is 16.7. The van der Waals surface area contributed by atoms with Crippen molar-refractivity contribution in [2.45, 2.75) is 25.6 Å². The van der Waals surface area contributed by atoms with E-state index in [1.807, 2.05) is 48.5 Å². The van der Waals surface area contributed by atoms with Crippen molar-refractivity contribution in [2.24, 2.45) is 0 Å². The molecule has 0 saturated carbocycles. The third-order valence-corrected chi connectivity index (χ3v) is 3.86. The third-order valence-electron chi connectivity index (χ3n) is 3.86. The molecule has 4 nitrogen and oxygen atoms in total. The fourth-order valence-electron chi connectivity index (χ4n) is 2.57. The molecule has 3 rings (SSSR count). The average molecular weight is 323 g/mol. The maximum atomic E-state index is 7.46. The molecule has 0 aromatic heterocycles. The fraction of sp³-hybridized carbons (Fsp3) is 0.250. The van der Waals surface area contributed by atoms with Crippen molar-refractivity contribution >= 4 is 5.90 Å². The monoisotopic (exact) mass is 323 g/mol. The lowest BCUT2D eigenvalue weighted by Crippen LogP contribution is -2.24. The summed E-state index contributed by atoms with van der Waals surface area (Å²) in [5.41, 5.74) is 2.17. The largest absolute Gasteiger partial charge is 0.465 e. The van der Waals surface area contributed by atoms with Crippen molar-refractivity contribution in [1.82, 2.24) is 0 Å². The zero-order valence-corrected chi connectivity index (χ0v) is 13.5. The minimum absolute atomic E-state index is 0.0363. The van der Waals surface area contributed by atoms with Crippen LogP contribution in [0.25, 0.3) is 11.1 Å². The van der Waals surface area contributed by atoms with Crippen LogP contribution >= 0.6 is 0 Å². The topological polar surface area (TPSA) is 51.5 Å². The Labute approximate surface area is 142 Å². The van der Waals surface area contributed by atoms with Gasteiger partial charge in [-0.15, -0.1) is 0 Å². The SMILES string of the molecule is C=CC(=N)Oc1ccc(-c2ccc(OC3CCCCO3)cc2)cc1. The van der Waals surface area contributed by atoms with Gasteiger partial charge in [0.15, 0.2) is 6.29 Å². The Morgan fingerprint density at radius 3 is 2.17 bits per heavy atom. The van der Waals surface area contributed by atoms with E-state index in [2.05, 4.69) is 6.58 Å². The first-order valence-electron chi connectivity index (χ1n) is 8.12. The van der Waals surface area contributed by atoms with Crippen molar-refractivity contribution in [3.05, 3.63) is 61.2 Å². The highest BCUT2D eigenvalue weighted by Crippen LogP contribution is 2.26. The van der Waals surface area contributed by atoms with E-state index in [-0.39, 0.29) is 12.2 Å². The van der Waals surface area contributed by atoms with Crippen LogP contribution < -0.4 is 9.47 Å². The van der Waals surface area contributed by atoms with Crippen molar-refractivity contribution < 1.29 is 14.2 Å². The molecule has 1 N–H and O–H groups in total. The highest BCUT2D eigenvalue weighted by molar-refractivity contribution is 5.86. The Bertz CT molecular complexity index is 686. The fourth-order valence-corrected chi connectivity index (χ4v) is 2.57. The van der Waals surface area contributed by atoms with Gasteiger partial charge in [0.1, 0.15) is 11.5 Å². The molecular weight excluding hydrogens is 302 g/mol. The molecule has 24 heavy (non-hydrogen) atoms. The molecule has 0 spiro atoms. The number of hydrogen-bond donors (Lipinski definition) is 1. The Kier molecular flexibility index (Phi) is 5.29. The van der Waals surface area contributed by atoms with Crippen molar-refractivity contribution in [1.29, 1.82) is 5.41 Å². The van der Waals surface area contributed by atoms with E-state index >= 15 is 0 Å². The maximum absolute atomic E-state index is 7.46. The van der Waals surface area contributed by atoms with Crippen LogP contribution in [0.4, 0.5) is 0 Å². The summed E-state index contributed by atoms with van der Waals surface area (Å²) in [6, 6.07) is 15.6. The van der Waals surface area contributed by atoms with Gasteiger partial charge in [-0.1, -0.05) is 30.8 Å². The van der Waals surface area contributed by atoms with Gasteiger partial charge in [-0.2, -0.15) is 0 Å². The molecule has 0 bridgehead atoms. The molecule has 4 heteroatoms. The van der Waals surface area contributed by atoms with Gasteiger partial charge in [0.25, 0.3) is 0 Å². The van der Waals surface area contributed by atoms with Gasteiger partial charge >= 0.3 is 0 Å². The highest BCUT2D eigenvalue weighted by atomic mass is 16.7. The number of ether oxygens (including phenoxy) is 3. The number of nitrogens with one attached hydrogen (secondary N) is 1. The molecule has 0 radical (unpaired) electrons. The van der Waals surface area contributed by atoms with Gasteiger partial charge in [-0.3, -0.25) is 5.41 Å². The Morgan fingerprint density at radius 1 is 1.00 bits per heavy atom. The lowest BCUT2D eigenvalue weighted by molar-refractivity contribution is -0.105. The Morgan fingerprint density at radius 2 is 1.62 bits per heavy atom. The zero-order valence-electron chi connectivity index (χ0n) is 13.5. The van der Waals surface area contributed by atoms with Crippen LogP contribution in [-0.2, 0) is 4.74 Å². The molecule has 2 aromatic rings. The minimum atomic E-state index is -0.124. The van der Waals surface area contributed by atoms with E-state index in [0.717, 1.165) is 42.7 Å². The van der Waals surface area contributed by atoms with E-state index in [0.29, 0.717) is 5.75 Å². The molecule has 1 fully saturated rings. The quantitative estimate of drug-likeness (QED) is 0.635. The lowest BCUT2D eigenvalue weighted by Gasteiger charge is -2.23. The summed E-state index contributed by atoms with van der Waals surface area (Å²) >= 11 is 0. The van der Waals surface area contributed by atoms with Crippen molar-refractivity contribution in [2.75, 3.05) is 6.61 Å². The normalized spacial score (nSPS) is 17.1. The van der Waals surface area contributed by atoms with Gasteiger partial charge in [0, 0.05) is 6.42 Å². The maximum Gasteiger partial charge on any atom is 0.211 e. The van der Waals surface area contributed by atoms with Crippen LogP contribution in [0.2, 0.25) is 0 Å². The molecule has 2 aromatic carbocycles. The van der Waals surface area contributed by atoms with Gasteiger partial charge in [-0.25, -0.2) is 0 Å². The smallest absolute Gasteiger partial charge is 0.211 e.